The lowest BCUT2D eigenvalue weighted by atomic mass is 9.88. The highest BCUT2D eigenvalue weighted by atomic mass is 16.3. The van der Waals surface area contributed by atoms with E-state index in [1.807, 2.05) is 43.4 Å². The molecular formula is C21H29N3O. The first kappa shape index (κ1) is 17.9. The van der Waals surface area contributed by atoms with Gasteiger partial charge in [0.1, 0.15) is 5.82 Å². The Morgan fingerprint density at radius 3 is 2.40 bits per heavy atom. The van der Waals surface area contributed by atoms with Gasteiger partial charge in [0.25, 0.3) is 0 Å². The molecule has 1 aliphatic heterocycles. The molecule has 0 aliphatic carbocycles. The Morgan fingerprint density at radius 1 is 1.08 bits per heavy atom. The second-order valence-corrected chi connectivity index (χ2v) is 7.29. The lowest BCUT2D eigenvalue weighted by molar-refractivity contribution is 0.0576. The summed E-state index contributed by atoms with van der Waals surface area (Å²) >= 11 is 0. The average molecular weight is 339 g/mol. The standard InChI is InChI=1S/C21H29N3O/c1-23(2)21-9-8-18(15-22-21)16-24-12-10-19(11-13-24)20(25)14-17-6-4-3-5-7-17/h3-9,15,19-20,25H,10-14,16H2,1-2H3. The van der Waals surface area contributed by atoms with Crippen LogP contribution in [0.25, 0.3) is 0 Å². The van der Waals surface area contributed by atoms with Crippen LogP contribution in [0.15, 0.2) is 48.7 Å². The summed E-state index contributed by atoms with van der Waals surface area (Å²) in [5.41, 5.74) is 2.48. The number of aliphatic hydroxyl groups is 1. The molecule has 134 valence electrons. The normalized spacial score (nSPS) is 17.4. The fourth-order valence-electron chi connectivity index (χ4n) is 3.55. The average Bonchev–Trinajstić information content (AvgIpc) is 2.63. The SMILES string of the molecule is CN(C)c1ccc(CN2CCC(C(O)Cc3ccccc3)CC2)cn1. The van der Waals surface area contributed by atoms with E-state index in [0.29, 0.717) is 5.92 Å². The molecule has 0 bridgehead atoms. The second kappa shape index (κ2) is 8.45. The van der Waals surface area contributed by atoms with Crippen molar-refractivity contribution >= 4 is 5.82 Å². The number of aliphatic hydroxyl groups excluding tert-OH is 1. The molecule has 1 atom stereocenters. The molecule has 2 aromatic rings. The summed E-state index contributed by atoms with van der Waals surface area (Å²) in [5.74, 6) is 1.40. The fraction of sp³-hybridized carbons (Fsp3) is 0.476. The van der Waals surface area contributed by atoms with E-state index < -0.39 is 0 Å². The topological polar surface area (TPSA) is 39.6 Å². The third-order valence-electron chi connectivity index (χ3n) is 5.14. The highest BCUT2D eigenvalue weighted by Crippen LogP contribution is 2.24. The van der Waals surface area contributed by atoms with E-state index >= 15 is 0 Å². The van der Waals surface area contributed by atoms with Crippen LogP contribution in [-0.4, -0.2) is 48.3 Å². The van der Waals surface area contributed by atoms with E-state index in [-0.39, 0.29) is 6.10 Å². The Bertz CT molecular complexity index is 634. The molecule has 1 fully saturated rings. The first-order valence-corrected chi connectivity index (χ1v) is 9.18. The molecule has 1 aromatic heterocycles. The van der Waals surface area contributed by atoms with Crippen LogP contribution in [0.3, 0.4) is 0 Å². The largest absolute Gasteiger partial charge is 0.392 e. The van der Waals surface area contributed by atoms with Gasteiger partial charge < -0.3 is 10.0 Å². The van der Waals surface area contributed by atoms with Crippen LogP contribution >= 0.6 is 0 Å². The molecule has 0 amide bonds. The number of anilines is 1. The van der Waals surface area contributed by atoms with Crippen LogP contribution in [0.5, 0.6) is 0 Å². The summed E-state index contributed by atoms with van der Waals surface area (Å²) in [4.78, 5) is 8.98. The van der Waals surface area contributed by atoms with Crippen LogP contribution in [0.4, 0.5) is 5.82 Å². The van der Waals surface area contributed by atoms with Gasteiger partial charge in [-0.1, -0.05) is 36.4 Å². The molecule has 1 aliphatic rings. The van der Waals surface area contributed by atoms with Crippen LogP contribution in [0.2, 0.25) is 0 Å². The third-order valence-corrected chi connectivity index (χ3v) is 5.14. The van der Waals surface area contributed by atoms with Gasteiger partial charge in [-0.2, -0.15) is 0 Å². The van der Waals surface area contributed by atoms with Crippen molar-refractivity contribution in [2.24, 2.45) is 5.92 Å². The smallest absolute Gasteiger partial charge is 0.127 e. The molecule has 3 rings (SSSR count). The summed E-state index contributed by atoms with van der Waals surface area (Å²) < 4.78 is 0. The molecule has 1 aromatic carbocycles. The molecule has 1 unspecified atom stereocenters. The first-order chi connectivity index (χ1) is 12.1. The minimum Gasteiger partial charge on any atom is -0.392 e. The maximum absolute atomic E-state index is 10.6. The molecular weight excluding hydrogens is 310 g/mol. The highest BCUT2D eigenvalue weighted by molar-refractivity contribution is 5.37. The Morgan fingerprint density at radius 2 is 1.80 bits per heavy atom. The van der Waals surface area contributed by atoms with Crippen molar-refractivity contribution in [2.75, 3.05) is 32.1 Å². The van der Waals surface area contributed by atoms with Crippen molar-refractivity contribution in [1.82, 2.24) is 9.88 Å². The third kappa shape index (κ3) is 5.03. The van der Waals surface area contributed by atoms with Gasteiger partial charge in [0.05, 0.1) is 6.10 Å². The van der Waals surface area contributed by atoms with E-state index in [2.05, 4.69) is 34.1 Å². The number of piperidine rings is 1. The summed E-state index contributed by atoms with van der Waals surface area (Å²) in [6.07, 6.45) is 4.65. The number of nitrogens with zero attached hydrogens (tertiary/aromatic N) is 3. The van der Waals surface area contributed by atoms with E-state index in [4.69, 9.17) is 0 Å². The Kier molecular flexibility index (Phi) is 6.05. The van der Waals surface area contributed by atoms with Crippen molar-refractivity contribution in [3.63, 3.8) is 0 Å². The van der Waals surface area contributed by atoms with Gasteiger partial charge in [0.2, 0.25) is 0 Å². The minimum atomic E-state index is -0.231. The molecule has 0 radical (unpaired) electrons. The van der Waals surface area contributed by atoms with E-state index in [9.17, 15) is 5.11 Å². The minimum absolute atomic E-state index is 0.231. The van der Waals surface area contributed by atoms with Crippen molar-refractivity contribution in [3.05, 3.63) is 59.8 Å². The van der Waals surface area contributed by atoms with Crippen LogP contribution in [0.1, 0.15) is 24.0 Å². The second-order valence-electron chi connectivity index (χ2n) is 7.29. The van der Waals surface area contributed by atoms with Crippen molar-refractivity contribution in [2.45, 2.75) is 31.9 Å². The highest BCUT2D eigenvalue weighted by Gasteiger charge is 2.25. The van der Waals surface area contributed by atoms with Crippen LogP contribution in [-0.2, 0) is 13.0 Å². The maximum Gasteiger partial charge on any atom is 0.127 e. The van der Waals surface area contributed by atoms with E-state index in [1.54, 1.807) is 0 Å². The summed E-state index contributed by atoms with van der Waals surface area (Å²) in [6, 6.07) is 14.5. The van der Waals surface area contributed by atoms with E-state index in [1.165, 1.54) is 11.1 Å². The Hall–Kier alpha value is -1.91. The Balaban J connectivity index is 1.46. The lowest BCUT2D eigenvalue weighted by Crippen LogP contribution is -2.38. The first-order valence-electron chi connectivity index (χ1n) is 9.18. The Labute approximate surface area is 151 Å². The molecule has 1 N–H and O–H groups in total. The molecule has 0 saturated carbocycles. The van der Waals surface area contributed by atoms with Crippen molar-refractivity contribution < 1.29 is 5.11 Å². The number of aromatic nitrogens is 1. The number of hydrogen-bond donors (Lipinski definition) is 1. The molecule has 2 heterocycles. The number of rotatable bonds is 6. The lowest BCUT2D eigenvalue weighted by Gasteiger charge is -2.34. The summed E-state index contributed by atoms with van der Waals surface area (Å²) in [7, 11) is 4.01. The zero-order valence-electron chi connectivity index (χ0n) is 15.3. The molecule has 25 heavy (non-hydrogen) atoms. The van der Waals surface area contributed by atoms with E-state index in [0.717, 1.165) is 44.7 Å². The molecule has 1 saturated heterocycles. The van der Waals surface area contributed by atoms with Crippen molar-refractivity contribution in [1.29, 1.82) is 0 Å². The predicted molar refractivity (Wildman–Crippen MR) is 103 cm³/mol. The summed E-state index contributed by atoms with van der Waals surface area (Å²) in [6.45, 7) is 3.04. The number of likely N-dealkylation sites (tertiary alicyclic amines) is 1. The van der Waals surface area contributed by atoms with Gasteiger partial charge >= 0.3 is 0 Å². The molecule has 0 spiro atoms. The number of benzene rings is 1. The number of hydrogen-bond acceptors (Lipinski definition) is 4. The maximum atomic E-state index is 10.6. The van der Waals surface area contributed by atoms with Gasteiger partial charge in [-0.3, -0.25) is 4.90 Å². The molecule has 4 heteroatoms. The van der Waals surface area contributed by atoms with Gasteiger partial charge in [-0.15, -0.1) is 0 Å². The number of pyridine rings is 1. The van der Waals surface area contributed by atoms with Gasteiger partial charge in [-0.25, -0.2) is 4.98 Å². The quantitative estimate of drug-likeness (QED) is 0.878. The molecule has 4 nitrogen and oxygen atoms in total. The predicted octanol–water partition coefficient (Wildman–Crippen LogP) is 2.96. The van der Waals surface area contributed by atoms with Gasteiger partial charge in [0, 0.05) is 26.8 Å². The van der Waals surface area contributed by atoms with Crippen LogP contribution in [0, 0.1) is 5.92 Å². The van der Waals surface area contributed by atoms with Gasteiger partial charge in [-0.05, 0) is 55.5 Å². The zero-order chi connectivity index (χ0) is 17.6. The fourth-order valence-corrected chi connectivity index (χ4v) is 3.55. The van der Waals surface area contributed by atoms with Crippen molar-refractivity contribution in [3.8, 4) is 0 Å². The van der Waals surface area contributed by atoms with Gasteiger partial charge in [0.15, 0.2) is 0 Å². The monoisotopic (exact) mass is 339 g/mol. The van der Waals surface area contributed by atoms with Crippen LogP contribution < -0.4 is 4.90 Å². The zero-order valence-corrected chi connectivity index (χ0v) is 15.3. The summed E-state index contributed by atoms with van der Waals surface area (Å²) in [5, 5.41) is 10.6.